The van der Waals surface area contributed by atoms with Crippen LogP contribution in [0.1, 0.15) is 270 Å². The molecular weight excluding hydrogens is 1830 g/mol. The Balaban J connectivity index is 0.628. The van der Waals surface area contributed by atoms with Crippen LogP contribution in [0.4, 0.5) is 17.1 Å². The summed E-state index contributed by atoms with van der Waals surface area (Å²) in [4.78, 5) is 84.3. The first-order valence-electron chi connectivity index (χ1n) is 51.3. The van der Waals surface area contributed by atoms with Crippen molar-refractivity contribution in [2.75, 3.05) is 9.80 Å². The Bertz CT molecular complexity index is 8970. The largest absolute Gasteiger partial charge is 0.457 e. The van der Waals surface area contributed by atoms with E-state index < -0.39 is 23.6 Å². The van der Waals surface area contributed by atoms with Crippen LogP contribution in [0.25, 0.3) is 177 Å². The third kappa shape index (κ3) is 14.2. The molecule has 148 heavy (non-hydrogen) atoms. The monoisotopic (exact) mass is 1930 g/mol. The molecule has 0 N–H and O–H groups in total. The molecule has 20 aromatic carbocycles. The number of imide groups is 2. The molecule has 0 saturated carbocycles. The summed E-state index contributed by atoms with van der Waals surface area (Å²) in [6.07, 6.45) is 12.6. The van der Waals surface area contributed by atoms with Crippen LogP contribution < -0.4 is 33.5 Å². The van der Waals surface area contributed by atoms with Gasteiger partial charge in [0.2, 0.25) is 6.08 Å². The Hall–Kier alpha value is -16.9. The van der Waals surface area contributed by atoms with Gasteiger partial charge in [-0.1, -0.05) is 260 Å². The molecule has 14 nitrogen and oxygen atoms in total. The first-order valence-corrected chi connectivity index (χ1v) is 51.3. The molecule has 2 aliphatic heterocycles. The molecule has 0 spiro atoms. The highest BCUT2D eigenvalue weighted by atomic mass is 16.5. The normalized spacial score (nSPS) is 13.8. The van der Waals surface area contributed by atoms with Crippen LogP contribution >= 0.6 is 0 Å². The molecule has 14 heteroatoms. The number of rotatable bonds is 16. The van der Waals surface area contributed by atoms with Crippen LogP contribution in [0.15, 0.2) is 248 Å². The van der Waals surface area contributed by atoms with Gasteiger partial charge in [0.05, 0.1) is 39.3 Å². The lowest BCUT2D eigenvalue weighted by molar-refractivity contribution is 0.0877. The summed E-state index contributed by atoms with van der Waals surface area (Å²) in [5.41, 5.74) is 22.2. The van der Waals surface area contributed by atoms with Crippen LogP contribution in [-0.2, 0) is 26.5 Å². The number of amides is 4. The number of hydrogen-bond donors (Lipinski definition) is 0. The highest BCUT2D eigenvalue weighted by Gasteiger charge is 2.45. The van der Waals surface area contributed by atoms with E-state index in [0.717, 1.165) is 175 Å². The summed E-state index contributed by atoms with van der Waals surface area (Å²) >= 11 is 0. The Labute approximate surface area is 858 Å². The molecular formula is C134H108N4O10. The second-order valence-corrected chi connectivity index (χ2v) is 46.3. The van der Waals surface area contributed by atoms with E-state index in [1.807, 2.05) is 134 Å². The van der Waals surface area contributed by atoms with Gasteiger partial charge in [-0.15, -0.1) is 5.26 Å². The molecule has 5 aliphatic rings. The van der Waals surface area contributed by atoms with Gasteiger partial charge in [-0.3, -0.25) is 19.2 Å². The number of hydrogen-bond acceptors (Lipinski definition) is 12. The molecule has 0 saturated heterocycles. The maximum atomic E-state index is 16.4. The van der Waals surface area contributed by atoms with Gasteiger partial charge in [0, 0.05) is 43.1 Å². The summed E-state index contributed by atoms with van der Waals surface area (Å²) in [6, 6.07) is 83.7. The van der Waals surface area contributed by atoms with E-state index in [4.69, 9.17) is 23.7 Å². The first kappa shape index (κ1) is 92.3. The van der Waals surface area contributed by atoms with E-state index in [2.05, 4.69) is 258 Å². The van der Waals surface area contributed by atoms with Crippen molar-refractivity contribution in [3.8, 4) is 103 Å². The molecule has 25 rings (SSSR count). The Morgan fingerprint density at radius 3 is 0.736 bits per heavy atom. The van der Waals surface area contributed by atoms with Gasteiger partial charge < -0.3 is 23.7 Å². The molecule has 0 aromatic heterocycles. The average Bonchev–Trinajstić information content (AvgIpc) is 1.43. The van der Waals surface area contributed by atoms with E-state index in [1.54, 1.807) is 30.3 Å². The van der Waals surface area contributed by atoms with Gasteiger partial charge in [-0.25, -0.2) is 14.6 Å². The quantitative estimate of drug-likeness (QED) is 0.0225. The molecule has 20 aromatic rings. The van der Waals surface area contributed by atoms with Crippen molar-refractivity contribution in [3.05, 3.63) is 332 Å². The van der Waals surface area contributed by atoms with Crippen molar-refractivity contribution >= 4 is 179 Å². The molecule has 0 radical (unpaired) electrons. The average molecular weight is 1930 g/mol. The molecule has 0 atom stereocenters. The van der Waals surface area contributed by atoms with Crippen LogP contribution in [0, 0.1) is 11.5 Å². The zero-order chi connectivity index (χ0) is 103. The van der Waals surface area contributed by atoms with Gasteiger partial charge >= 0.3 is 0 Å². The van der Waals surface area contributed by atoms with E-state index >= 15 is 19.2 Å². The minimum absolute atomic E-state index is 0.149. The molecule has 724 valence electrons. The topological polar surface area (TPSA) is 174 Å². The molecule has 0 bridgehead atoms. The Morgan fingerprint density at radius 2 is 0.507 bits per heavy atom. The fourth-order valence-electron chi connectivity index (χ4n) is 24.1. The van der Waals surface area contributed by atoms with E-state index in [0.29, 0.717) is 135 Å². The highest BCUT2D eigenvalue weighted by Crippen LogP contribution is 2.62. The summed E-state index contributed by atoms with van der Waals surface area (Å²) < 4.78 is 35.0. The van der Waals surface area contributed by atoms with Crippen LogP contribution in [0.5, 0.6) is 51.7 Å². The van der Waals surface area contributed by atoms with Gasteiger partial charge in [0.1, 0.15) is 51.7 Å². The van der Waals surface area contributed by atoms with Crippen molar-refractivity contribution in [1.29, 1.82) is 5.26 Å². The van der Waals surface area contributed by atoms with E-state index in [9.17, 15) is 10.1 Å². The fourth-order valence-corrected chi connectivity index (χ4v) is 24.1. The third-order valence-corrected chi connectivity index (χ3v) is 31.6. The summed E-state index contributed by atoms with van der Waals surface area (Å²) in [5, 5.41) is 27.2. The second kappa shape index (κ2) is 32.8. The van der Waals surface area contributed by atoms with Gasteiger partial charge in [0.15, 0.2) is 0 Å². The lowest BCUT2D eigenvalue weighted by atomic mass is 9.82. The lowest BCUT2D eigenvalue weighted by Crippen LogP contribution is -2.42. The van der Waals surface area contributed by atoms with Crippen LogP contribution in [-0.4, -0.2) is 29.7 Å². The minimum Gasteiger partial charge on any atom is -0.457 e. The molecule has 0 unspecified atom stereocenters. The predicted molar refractivity (Wildman–Crippen MR) is 603 cm³/mol. The Kier molecular flexibility index (Phi) is 20.5. The summed E-state index contributed by atoms with van der Waals surface area (Å²) in [5.74, 6) is 1.54. The van der Waals surface area contributed by atoms with Crippen molar-refractivity contribution < 1.29 is 47.7 Å². The molecule has 3 aliphatic carbocycles. The van der Waals surface area contributed by atoms with Gasteiger partial charge in [-0.05, 0) is 367 Å². The molecule has 0 fully saturated rings. The van der Waals surface area contributed by atoms with E-state index in [1.165, 1.54) is 9.80 Å². The zero-order valence-corrected chi connectivity index (χ0v) is 86.6. The van der Waals surface area contributed by atoms with Crippen molar-refractivity contribution in [3.63, 3.8) is 0 Å². The minimum atomic E-state index is -0.506. The van der Waals surface area contributed by atoms with Crippen LogP contribution in [0.2, 0.25) is 0 Å². The lowest BCUT2D eigenvalue weighted by Gasteiger charge is -2.33. The van der Waals surface area contributed by atoms with Crippen LogP contribution in [0.3, 0.4) is 0 Å². The summed E-state index contributed by atoms with van der Waals surface area (Å²) in [6.45, 7) is 42.3. The highest BCUT2D eigenvalue weighted by molar-refractivity contribution is 6.48. The third-order valence-electron chi connectivity index (χ3n) is 31.6. The van der Waals surface area contributed by atoms with Crippen molar-refractivity contribution in [2.45, 2.75) is 184 Å². The number of isocyanates is 1. The number of benzene rings is 20. The Morgan fingerprint density at radius 1 is 0.264 bits per heavy atom. The van der Waals surface area contributed by atoms with Gasteiger partial charge in [0.25, 0.3) is 29.9 Å². The number of carbonyl (C=O) groups excluding carboxylic acids is 5. The maximum absolute atomic E-state index is 16.4. The number of anilines is 2. The maximum Gasteiger partial charge on any atom is 0.292 e. The number of carbonyl (C=O) groups is 4. The number of ether oxygens (including phenoxy) is 5. The standard InChI is InChI=1S/C134H108N4O10/c1-67(2)97-57-83(136-66-139)58-98(68(3)4)125(97)137-127(140)105-61-109(145-84-33-25-79(26-34-84)131(9,10)11)119-93-45-41-89-101-53-75-49-71-21-23-73-51-77-55-103-91-43-47-95-116-96(48-44-92(114(91)116)104(103)56-78(77)52-74(73)24-22-72(71)50-76(75)54-102(101)90-42-46-94(115(93)113(89)90)120-110(62-106(128(137)141)117(105)123(119)120)146-85-35-27-80(28-36-85)132(12,13)14)122-112(148-87-39-31-82(32-40-87)134(18,19)20)64-108-118-107(63-111(121(95)124(118)122)147-86-37-29-81(30-38-86)133(15,16)17)129(142)138(130(108)143)126-99(69(5)6)59-88(144-65-135)60-100(126)70(7)8/h21-64,67-70H,1-20H3. The first-order chi connectivity index (χ1) is 70.7. The number of aliphatic imine (C=N–C) groups is 1. The predicted octanol–water partition coefficient (Wildman–Crippen LogP) is 36.3. The molecule has 4 amide bonds. The summed E-state index contributed by atoms with van der Waals surface area (Å²) in [7, 11) is 0. The SMILES string of the molecule is CC(C)c1cc(N=C=O)cc(C(C)C)c1N1C(=O)c2cc(Oc3ccc(C(C)(C)C)cc3)c3c4ccc5c6c(ccc(c7c(Oc8ccc(C(C)(C)C)cc8)cc(c2c37)C1=O)c64)-c1cc2cc3c(cc2cc1-5)C=Cc1cc2cc4c(cc2cc1C=C3)-c1ccc2c3c(Oc5ccc(C(C)(C)C)cc5)cc5c6c(cc(Oc7ccc(C(C)(C)C)cc7)c(c7ccc-4c1c72)c63)C(=O)N(c1c(C(C)C)cc(OC#N)cc1C(C)C)C5=O. The second-order valence-electron chi connectivity index (χ2n) is 46.3. The van der Waals surface area contributed by atoms with Crippen molar-refractivity contribution in [2.24, 2.45) is 4.99 Å². The number of nitriles is 1. The zero-order valence-electron chi connectivity index (χ0n) is 86.6. The van der Waals surface area contributed by atoms with Crippen molar-refractivity contribution in [1.82, 2.24) is 0 Å². The van der Waals surface area contributed by atoms with E-state index in [-0.39, 0.29) is 45.3 Å². The number of fused-ring (bicyclic) bond motifs is 14. The smallest absolute Gasteiger partial charge is 0.292 e. The number of nitrogens with zero attached hydrogens (tertiary/aromatic N) is 4. The molecule has 2 heterocycles. The fraction of sp³-hybridized carbons (Fsp3) is 0.209. The van der Waals surface area contributed by atoms with Gasteiger partial charge in [-0.2, -0.15) is 4.99 Å².